The van der Waals surface area contributed by atoms with Crippen molar-refractivity contribution in [1.29, 1.82) is 5.26 Å². The third kappa shape index (κ3) is 1.54. The highest BCUT2D eigenvalue weighted by Gasteiger charge is 2.45. The van der Waals surface area contributed by atoms with Gasteiger partial charge in [-0.1, -0.05) is 6.07 Å². The van der Waals surface area contributed by atoms with Crippen LogP contribution in [0.15, 0.2) is 18.2 Å². The highest BCUT2D eigenvalue weighted by molar-refractivity contribution is 6.04. The molecule has 2 aliphatic rings. The van der Waals surface area contributed by atoms with E-state index in [9.17, 15) is 0 Å². The largest absolute Gasteiger partial charge is 0.381 e. The molecule has 90 valence electrons. The van der Waals surface area contributed by atoms with E-state index in [2.05, 4.69) is 24.4 Å². The number of piperidine rings is 1. The Bertz CT molecular complexity index is 512. The van der Waals surface area contributed by atoms with E-state index in [0.29, 0.717) is 6.04 Å². The molecule has 1 atom stereocenters. The fraction of sp³-hybridized carbons (Fsp3) is 0.500. The summed E-state index contributed by atoms with van der Waals surface area (Å²) in [5.74, 6) is 0. The van der Waals surface area contributed by atoms with Crippen molar-refractivity contribution in [3.8, 4) is 6.07 Å². The van der Waals surface area contributed by atoms with Crippen LogP contribution in [0.5, 0.6) is 0 Å². The van der Waals surface area contributed by atoms with Crippen molar-refractivity contribution in [3.63, 3.8) is 0 Å². The Balaban J connectivity index is 2.02. The van der Waals surface area contributed by atoms with Crippen LogP contribution in [0.3, 0.4) is 0 Å². The van der Waals surface area contributed by atoms with E-state index in [1.807, 2.05) is 16.9 Å². The predicted molar refractivity (Wildman–Crippen MR) is 72.5 cm³/mol. The minimum Gasteiger partial charge on any atom is -0.381 e. The zero-order valence-electron chi connectivity index (χ0n) is 10.6. The van der Waals surface area contributed by atoms with E-state index < -0.39 is 0 Å². The lowest BCUT2D eigenvalue weighted by Crippen LogP contribution is -2.46. The zero-order valence-corrected chi connectivity index (χ0v) is 10.6. The van der Waals surface area contributed by atoms with Crippen LogP contribution in [0.25, 0.3) is 0 Å². The second-order valence-corrected chi connectivity index (χ2v) is 5.43. The van der Waals surface area contributed by atoms with Crippen molar-refractivity contribution in [2.24, 2.45) is 0 Å². The van der Waals surface area contributed by atoms with E-state index in [1.54, 1.807) is 0 Å². The van der Waals surface area contributed by atoms with Crippen molar-refractivity contribution in [1.82, 2.24) is 4.81 Å². The Morgan fingerprint density at radius 3 is 2.83 bits per heavy atom. The van der Waals surface area contributed by atoms with Gasteiger partial charge in [-0.05, 0) is 50.6 Å². The summed E-state index contributed by atoms with van der Waals surface area (Å²) in [7, 11) is 5.87. The summed E-state index contributed by atoms with van der Waals surface area (Å²) in [6.45, 7) is 4.11. The normalized spacial score (nSPS) is 25.4. The molecule has 18 heavy (non-hydrogen) atoms. The standard InChI is InChI=1S/C14H16BN3/c1-10-14(4-6-18(15)7-5-14)12-3-2-11(9-16)8-13(12)17-10/h2-3,8,10,17H,4-7H2,1H3. The Kier molecular flexibility index (Phi) is 2.60. The molecule has 3 nitrogen and oxygen atoms in total. The number of rotatable bonds is 0. The third-order valence-corrected chi connectivity index (χ3v) is 4.58. The zero-order chi connectivity index (χ0) is 12.8. The summed E-state index contributed by atoms with van der Waals surface area (Å²) >= 11 is 0. The highest BCUT2D eigenvalue weighted by atomic mass is 15.1. The molecule has 0 amide bonds. The second kappa shape index (κ2) is 4.03. The lowest BCUT2D eigenvalue weighted by atomic mass is 9.69. The number of nitrogens with one attached hydrogen (secondary N) is 1. The van der Waals surface area contributed by atoms with E-state index in [-0.39, 0.29) is 5.41 Å². The molecular weight excluding hydrogens is 221 g/mol. The van der Waals surface area contributed by atoms with E-state index in [0.717, 1.165) is 37.2 Å². The lowest BCUT2D eigenvalue weighted by Gasteiger charge is -2.41. The smallest absolute Gasteiger partial charge is 0.182 e. The van der Waals surface area contributed by atoms with Gasteiger partial charge in [-0.15, -0.1) is 0 Å². The fourth-order valence-electron chi connectivity index (χ4n) is 3.40. The van der Waals surface area contributed by atoms with Gasteiger partial charge in [0.05, 0.1) is 11.6 Å². The molecule has 1 N–H and O–H groups in total. The number of fused-ring (bicyclic) bond motifs is 2. The van der Waals surface area contributed by atoms with Crippen LogP contribution >= 0.6 is 0 Å². The van der Waals surface area contributed by atoms with Gasteiger partial charge in [-0.3, -0.25) is 0 Å². The molecule has 3 rings (SSSR count). The third-order valence-electron chi connectivity index (χ3n) is 4.58. The van der Waals surface area contributed by atoms with Crippen molar-refractivity contribution in [2.75, 3.05) is 18.4 Å². The number of anilines is 1. The molecule has 1 unspecified atom stereocenters. The molecule has 4 heteroatoms. The first kappa shape index (κ1) is 11.6. The Morgan fingerprint density at radius 1 is 1.44 bits per heavy atom. The van der Waals surface area contributed by atoms with Crippen LogP contribution in [-0.2, 0) is 5.41 Å². The van der Waals surface area contributed by atoms with Gasteiger partial charge < -0.3 is 10.1 Å². The van der Waals surface area contributed by atoms with Gasteiger partial charge in [0.1, 0.15) is 0 Å². The molecule has 0 aliphatic carbocycles. The molecule has 1 spiro atoms. The van der Waals surface area contributed by atoms with Gasteiger partial charge in [0, 0.05) is 17.1 Å². The van der Waals surface area contributed by atoms with Crippen LogP contribution in [0.4, 0.5) is 5.69 Å². The minimum absolute atomic E-state index is 0.194. The van der Waals surface area contributed by atoms with Gasteiger partial charge in [-0.25, -0.2) is 0 Å². The van der Waals surface area contributed by atoms with Crippen molar-refractivity contribution in [2.45, 2.75) is 31.2 Å². The summed E-state index contributed by atoms with van der Waals surface area (Å²) in [5.41, 5.74) is 3.41. The maximum absolute atomic E-state index is 8.97. The molecule has 1 aromatic rings. The molecular formula is C14H16BN3. The van der Waals surface area contributed by atoms with Gasteiger partial charge >= 0.3 is 0 Å². The van der Waals surface area contributed by atoms with Crippen LogP contribution in [0.1, 0.15) is 30.9 Å². The summed E-state index contributed by atoms with van der Waals surface area (Å²) in [6, 6.07) is 8.63. The predicted octanol–water partition coefficient (Wildman–Crippen LogP) is 1.79. The van der Waals surface area contributed by atoms with Gasteiger partial charge in [-0.2, -0.15) is 5.26 Å². The molecule has 1 aromatic carbocycles. The van der Waals surface area contributed by atoms with E-state index >= 15 is 0 Å². The first-order valence-electron chi connectivity index (χ1n) is 6.46. The molecule has 0 saturated carbocycles. The summed E-state index contributed by atoms with van der Waals surface area (Å²) in [4.78, 5) is 1.90. The quantitative estimate of drug-likeness (QED) is 0.699. The number of hydrogen-bond donors (Lipinski definition) is 1. The molecule has 1 saturated heterocycles. The number of benzene rings is 1. The molecule has 0 bridgehead atoms. The lowest BCUT2D eigenvalue weighted by molar-refractivity contribution is 0.227. The van der Waals surface area contributed by atoms with Crippen LogP contribution in [0, 0.1) is 11.3 Å². The fourth-order valence-corrected chi connectivity index (χ4v) is 3.40. The molecule has 2 heterocycles. The Labute approximate surface area is 109 Å². The van der Waals surface area contributed by atoms with Gasteiger partial charge in [0.15, 0.2) is 7.98 Å². The molecule has 2 aliphatic heterocycles. The number of hydrogen-bond acceptors (Lipinski definition) is 3. The average Bonchev–Trinajstić information content (AvgIpc) is 2.65. The molecule has 0 aromatic heterocycles. The summed E-state index contributed by atoms with van der Waals surface area (Å²) in [6.07, 6.45) is 2.16. The van der Waals surface area contributed by atoms with Gasteiger partial charge in [0.25, 0.3) is 0 Å². The Hall–Kier alpha value is -1.47. The van der Waals surface area contributed by atoms with Crippen molar-refractivity contribution in [3.05, 3.63) is 29.3 Å². The SMILES string of the molecule is [B]N1CCC2(CC1)c1ccc(C#N)cc1NC2C. The Morgan fingerprint density at radius 2 is 2.17 bits per heavy atom. The molecule has 1 fully saturated rings. The van der Waals surface area contributed by atoms with E-state index in [1.165, 1.54) is 5.56 Å². The average molecular weight is 237 g/mol. The number of nitriles is 1. The maximum Gasteiger partial charge on any atom is 0.182 e. The highest BCUT2D eigenvalue weighted by Crippen LogP contribution is 2.47. The molecule has 2 radical (unpaired) electrons. The van der Waals surface area contributed by atoms with Gasteiger partial charge in [0.2, 0.25) is 0 Å². The maximum atomic E-state index is 8.97. The van der Waals surface area contributed by atoms with Crippen molar-refractivity contribution < 1.29 is 0 Å². The van der Waals surface area contributed by atoms with Crippen LogP contribution in [0.2, 0.25) is 0 Å². The van der Waals surface area contributed by atoms with Crippen LogP contribution in [-0.4, -0.2) is 31.9 Å². The second-order valence-electron chi connectivity index (χ2n) is 5.43. The topological polar surface area (TPSA) is 39.1 Å². The van der Waals surface area contributed by atoms with Crippen LogP contribution < -0.4 is 5.32 Å². The summed E-state index contributed by atoms with van der Waals surface area (Å²) < 4.78 is 0. The minimum atomic E-state index is 0.194. The monoisotopic (exact) mass is 237 g/mol. The first-order chi connectivity index (χ1) is 8.65. The first-order valence-corrected chi connectivity index (χ1v) is 6.46. The number of nitrogens with zero attached hydrogens (tertiary/aromatic N) is 2. The van der Waals surface area contributed by atoms with Crippen molar-refractivity contribution >= 4 is 13.7 Å². The summed E-state index contributed by atoms with van der Waals surface area (Å²) in [5, 5.41) is 12.5. The van der Waals surface area contributed by atoms with E-state index in [4.69, 9.17) is 13.2 Å².